The second kappa shape index (κ2) is 17.8. The molecule has 0 aliphatic rings. The number of hydrogen-bond donors (Lipinski definition) is 0. The molecule has 0 aliphatic heterocycles. The average molecular weight is 750 g/mol. The van der Waals surface area contributed by atoms with Crippen LogP contribution in [0, 0.1) is 0 Å². The molecule has 5 heteroatoms. The Kier molecular flexibility index (Phi) is 13.0. The van der Waals surface area contributed by atoms with Crippen molar-refractivity contribution in [2.24, 2.45) is 0 Å². The van der Waals surface area contributed by atoms with Gasteiger partial charge >= 0.3 is 295 Å². The fourth-order valence-electron chi connectivity index (χ4n) is 6.09. The maximum absolute atomic E-state index is 3.84. The predicted octanol–water partition coefficient (Wildman–Crippen LogP) is 8.49. The van der Waals surface area contributed by atoms with Crippen LogP contribution in [0.25, 0.3) is 0 Å². The molecule has 0 unspecified atom stereocenters. The summed E-state index contributed by atoms with van der Waals surface area (Å²) in [5.74, 6) is 0. The fourth-order valence-corrected chi connectivity index (χ4v) is 21.8. The van der Waals surface area contributed by atoms with Crippen LogP contribution < -0.4 is 31.8 Å². The Labute approximate surface area is 293 Å². The van der Waals surface area contributed by atoms with E-state index in [9.17, 15) is 0 Å². The van der Waals surface area contributed by atoms with E-state index >= 15 is 0 Å². The van der Waals surface area contributed by atoms with E-state index in [1.165, 1.54) is 68.8 Å². The van der Waals surface area contributed by atoms with Gasteiger partial charge in [0, 0.05) is 0 Å². The van der Waals surface area contributed by atoms with Crippen molar-refractivity contribution in [2.75, 3.05) is 37.0 Å². The molecule has 0 aliphatic carbocycles. The van der Waals surface area contributed by atoms with E-state index in [0.29, 0.717) is 0 Å². The van der Waals surface area contributed by atoms with Crippen molar-refractivity contribution in [1.29, 1.82) is 0 Å². The van der Waals surface area contributed by atoms with Crippen LogP contribution in [0.15, 0.2) is 182 Å². The van der Waals surface area contributed by atoms with Crippen molar-refractivity contribution in [2.45, 2.75) is 0 Å². The molecule has 6 aromatic rings. The first-order chi connectivity index (χ1) is 23.2. The van der Waals surface area contributed by atoms with Crippen LogP contribution in [0.5, 0.6) is 0 Å². The molecule has 0 N–H and O–H groups in total. The summed E-state index contributed by atoms with van der Waals surface area (Å²) in [5, 5.41) is 8.95. The third-order valence-corrected chi connectivity index (χ3v) is 24.2. The minimum atomic E-state index is -1.65. The number of benzene rings is 6. The quantitative estimate of drug-likeness (QED) is 0.0731. The van der Waals surface area contributed by atoms with Crippen LogP contribution in [0.1, 0.15) is 0 Å². The van der Waals surface area contributed by atoms with E-state index < -0.39 is 21.4 Å². The molecule has 0 saturated heterocycles. The molecular formula is C42H42P4Se. The zero-order valence-corrected chi connectivity index (χ0v) is 32.1. The van der Waals surface area contributed by atoms with E-state index in [4.69, 9.17) is 0 Å². The van der Waals surface area contributed by atoms with Crippen molar-refractivity contribution in [3.05, 3.63) is 182 Å². The minimum absolute atomic E-state index is 0.192. The second-order valence-corrected chi connectivity index (χ2v) is 25.9. The molecule has 0 saturated carbocycles. The van der Waals surface area contributed by atoms with Crippen molar-refractivity contribution in [1.82, 2.24) is 0 Å². The van der Waals surface area contributed by atoms with Gasteiger partial charge in [0.25, 0.3) is 0 Å². The van der Waals surface area contributed by atoms with Crippen LogP contribution in [0.4, 0.5) is 0 Å². The first kappa shape index (κ1) is 34.4. The molecule has 0 spiro atoms. The van der Waals surface area contributed by atoms with E-state index in [2.05, 4.69) is 197 Å². The van der Waals surface area contributed by atoms with Crippen molar-refractivity contribution in [3.8, 4) is 0 Å². The van der Waals surface area contributed by atoms with Gasteiger partial charge in [-0.15, -0.1) is 0 Å². The Morgan fingerprint density at radius 2 is 0.617 bits per heavy atom. The van der Waals surface area contributed by atoms with Crippen LogP contribution >= 0.6 is 29.3 Å². The van der Waals surface area contributed by atoms with E-state index in [0.717, 1.165) is 0 Å². The van der Waals surface area contributed by atoms with Gasteiger partial charge in [-0.05, 0) is 0 Å². The summed E-state index contributed by atoms with van der Waals surface area (Å²) < 4.78 is 0. The van der Waals surface area contributed by atoms with Gasteiger partial charge in [0.1, 0.15) is 0 Å². The monoisotopic (exact) mass is 750 g/mol. The standard InChI is InChI=1S/C42H42P4Se/c47-46(41-27-15-5-16-28-41,42-29-17-6-18-30-42)36-35-43(31-33-44(37-19-7-1-8-20-37)38-21-9-2-10-22-38)32-34-45(39-23-11-3-12-24-39)40-25-13-4-14-26-40/h1-30H,31-36H2. The molecule has 0 atom stereocenters. The number of rotatable bonds is 15. The first-order valence-corrected chi connectivity index (χ1v) is 25.5. The van der Waals surface area contributed by atoms with Crippen molar-refractivity contribution >= 4 is 76.2 Å². The van der Waals surface area contributed by atoms with Gasteiger partial charge in [0.2, 0.25) is 0 Å². The summed E-state index contributed by atoms with van der Waals surface area (Å²) in [4.78, 5) is 0. The first-order valence-electron chi connectivity index (χ1n) is 16.4. The molecule has 6 rings (SSSR count). The summed E-state index contributed by atoms with van der Waals surface area (Å²) in [6.45, 7) is 0. The molecule has 6 aromatic carbocycles. The normalized spacial score (nSPS) is 11.7. The Morgan fingerprint density at radius 3 is 0.915 bits per heavy atom. The van der Waals surface area contributed by atoms with Crippen LogP contribution in [0.3, 0.4) is 0 Å². The summed E-state index contributed by atoms with van der Waals surface area (Å²) in [6.07, 6.45) is 7.62. The molecule has 0 radical (unpaired) electrons. The molecule has 0 bridgehead atoms. The molecule has 0 heterocycles. The van der Waals surface area contributed by atoms with Crippen LogP contribution in [-0.4, -0.2) is 52.1 Å². The Bertz CT molecular complexity index is 1590. The topological polar surface area (TPSA) is 0 Å². The molecule has 0 nitrogen and oxygen atoms in total. The third-order valence-electron chi connectivity index (χ3n) is 8.63. The number of hydrogen-bond acceptors (Lipinski definition) is 0. The average Bonchev–Trinajstić information content (AvgIpc) is 3.16. The SMILES string of the molecule is [Se]=P(CCP(CCP(c1ccccc1)c1ccccc1)CCP(c1ccccc1)c1ccccc1)(c1ccccc1)c1ccccc1. The van der Waals surface area contributed by atoms with Crippen LogP contribution in [0.2, 0.25) is 0 Å². The van der Waals surface area contributed by atoms with Gasteiger partial charge in [0.15, 0.2) is 0 Å². The van der Waals surface area contributed by atoms with Gasteiger partial charge in [-0.2, -0.15) is 0 Å². The van der Waals surface area contributed by atoms with Crippen molar-refractivity contribution in [3.63, 3.8) is 0 Å². The zero-order valence-electron chi connectivity index (χ0n) is 26.8. The molecule has 0 aromatic heterocycles. The Balaban J connectivity index is 1.30. The molecule has 47 heavy (non-hydrogen) atoms. The molecule has 236 valence electrons. The van der Waals surface area contributed by atoms with Gasteiger partial charge < -0.3 is 0 Å². The van der Waals surface area contributed by atoms with Gasteiger partial charge in [0.05, 0.1) is 0 Å². The second-order valence-electron chi connectivity index (χ2n) is 11.6. The molecule has 0 amide bonds. The molecule has 0 fully saturated rings. The summed E-state index contributed by atoms with van der Waals surface area (Å²) in [6, 6.07) is 67.8. The summed E-state index contributed by atoms with van der Waals surface area (Å²) in [7, 11) is -0.994. The predicted molar refractivity (Wildman–Crippen MR) is 219 cm³/mol. The van der Waals surface area contributed by atoms with Crippen LogP contribution in [-0.2, 0) is 0 Å². The maximum atomic E-state index is 3.84. The third kappa shape index (κ3) is 9.38. The van der Waals surface area contributed by atoms with E-state index in [-0.39, 0.29) is 7.92 Å². The Hall–Kier alpha value is -2.44. The van der Waals surface area contributed by atoms with Gasteiger partial charge in [-0.1, -0.05) is 0 Å². The fraction of sp³-hybridized carbons (Fsp3) is 0.143. The molecular weight excluding hydrogens is 707 g/mol. The summed E-state index contributed by atoms with van der Waals surface area (Å²) in [5.41, 5.74) is -1.65. The zero-order chi connectivity index (χ0) is 32.2. The van der Waals surface area contributed by atoms with Gasteiger partial charge in [-0.3, -0.25) is 0 Å². The Morgan fingerprint density at radius 1 is 0.340 bits per heavy atom. The van der Waals surface area contributed by atoms with Gasteiger partial charge in [-0.25, -0.2) is 0 Å². The summed E-state index contributed by atoms with van der Waals surface area (Å²) >= 11 is 3.84. The van der Waals surface area contributed by atoms with E-state index in [1.807, 2.05) is 0 Å². The van der Waals surface area contributed by atoms with Crippen molar-refractivity contribution < 1.29 is 0 Å². The van der Waals surface area contributed by atoms with E-state index in [1.54, 1.807) is 0 Å².